The van der Waals surface area contributed by atoms with Gasteiger partial charge in [-0.25, -0.2) is 4.98 Å². The minimum absolute atomic E-state index is 0.0435. The van der Waals surface area contributed by atoms with Crippen molar-refractivity contribution in [2.24, 2.45) is 0 Å². The second kappa shape index (κ2) is 6.25. The van der Waals surface area contributed by atoms with E-state index in [9.17, 15) is 4.79 Å². The lowest BCUT2D eigenvalue weighted by molar-refractivity contribution is 0.101. The minimum Gasteiger partial charge on any atom is -0.363 e. The Kier molecular flexibility index (Phi) is 4.63. The summed E-state index contributed by atoms with van der Waals surface area (Å²) in [5, 5.41) is 4.35. The molecular weight excluding hydrogens is 295 g/mol. The van der Waals surface area contributed by atoms with Crippen molar-refractivity contribution in [3.63, 3.8) is 0 Å². The van der Waals surface area contributed by atoms with E-state index in [1.165, 1.54) is 6.92 Å². The highest BCUT2D eigenvalue weighted by Gasteiger charge is 2.16. The second-order valence-corrected chi connectivity index (χ2v) is 5.27. The lowest BCUT2D eigenvalue weighted by Gasteiger charge is -2.19. The first-order chi connectivity index (χ1) is 9.50. The quantitative estimate of drug-likeness (QED) is 0.828. The Morgan fingerprint density at radius 2 is 1.85 bits per heavy atom. The van der Waals surface area contributed by atoms with E-state index in [-0.39, 0.29) is 11.8 Å². The van der Waals surface area contributed by atoms with E-state index in [0.717, 1.165) is 5.56 Å². The number of hydrogen-bond acceptors (Lipinski definition) is 3. The number of benzene rings is 1. The second-order valence-electron chi connectivity index (χ2n) is 4.46. The molecule has 0 aliphatic heterocycles. The fourth-order valence-electron chi connectivity index (χ4n) is 2.01. The van der Waals surface area contributed by atoms with Crippen LogP contribution in [0.5, 0.6) is 0 Å². The molecule has 0 saturated carbocycles. The van der Waals surface area contributed by atoms with E-state index in [0.29, 0.717) is 21.4 Å². The van der Waals surface area contributed by atoms with Crippen LogP contribution in [0.1, 0.15) is 35.8 Å². The van der Waals surface area contributed by atoms with E-state index in [2.05, 4.69) is 10.3 Å². The van der Waals surface area contributed by atoms with Gasteiger partial charge in [-0.15, -0.1) is 0 Å². The molecule has 0 radical (unpaired) electrons. The summed E-state index contributed by atoms with van der Waals surface area (Å²) in [7, 11) is 0. The van der Waals surface area contributed by atoms with Gasteiger partial charge in [0.15, 0.2) is 5.78 Å². The number of aromatic nitrogens is 1. The van der Waals surface area contributed by atoms with Crippen molar-refractivity contribution in [2.45, 2.75) is 19.9 Å². The third-order valence-corrected chi connectivity index (χ3v) is 3.63. The number of carbonyl (C=O) groups is 1. The fraction of sp³-hybridized carbons (Fsp3) is 0.200. The lowest BCUT2D eigenvalue weighted by atomic mass is 10.1. The predicted octanol–water partition coefficient (Wildman–Crippen LogP) is 4.76. The van der Waals surface area contributed by atoms with Crippen LogP contribution in [0.15, 0.2) is 36.5 Å². The van der Waals surface area contributed by atoms with Crippen LogP contribution in [-0.4, -0.2) is 10.8 Å². The van der Waals surface area contributed by atoms with Gasteiger partial charge in [-0.1, -0.05) is 29.3 Å². The van der Waals surface area contributed by atoms with Crippen LogP contribution in [-0.2, 0) is 0 Å². The predicted molar refractivity (Wildman–Crippen MR) is 82.7 cm³/mol. The standard InChI is InChI=1S/C15H14Cl2N2O/c1-9(14-12(16)6-3-7-13(14)17)19-15-11(10(2)20)5-4-8-18-15/h3-9H,1-2H3,(H,18,19). The number of nitrogens with zero attached hydrogens (tertiary/aromatic N) is 1. The molecule has 1 N–H and O–H groups in total. The van der Waals surface area contributed by atoms with E-state index in [1.807, 2.05) is 6.92 Å². The van der Waals surface area contributed by atoms with E-state index in [4.69, 9.17) is 23.2 Å². The fourth-order valence-corrected chi connectivity index (χ4v) is 2.73. The highest BCUT2D eigenvalue weighted by Crippen LogP contribution is 2.32. The zero-order chi connectivity index (χ0) is 14.7. The van der Waals surface area contributed by atoms with Gasteiger partial charge in [0.05, 0.1) is 11.6 Å². The first-order valence-corrected chi connectivity index (χ1v) is 6.92. The SMILES string of the molecule is CC(=O)c1cccnc1NC(C)c1c(Cl)cccc1Cl. The van der Waals surface area contributed by atoms with Crippen LogP contribution in [0.2, 0.25) is 10.0 Å². The lowest BCUT2D eigenvalue weighted by Crippen LogP contribution is -2.12. The van der Waals surface area contributed by atoms with Crippen LogP contribution in [0.3, 0.4) is 0 Å². The average molecular weight is 309 g/mol. The van der Waals surface area contributed by atoms with Crippen molar-refractivity contribution >= 4 is 34.8 Å². The molecule has 1 unspecified atom stereocenters. The molecule has 3 nitrogen and oxygen atoms in total. The summed E-state index contributed by atoms with van der Waals surface area (Å²) in [5.41, 5.74) is 1.33. The monoisotopic (exact) mass is 308 g/mol. The highest BCUT2D eigenvalue weighted by molar-refractivity contribution is 6.36. The molecule has 2 aromatic rings. The molecule has 1 aromatic heterocycles. The molecule has 0 aliphatic rings. The number of pyridine rings is 1. The number of halogens is 2. The largest absolute Gasteiger partial charge is 0.363 e. The number of nitrogens with one attached hydrogen (secondary N) is 1. The van der Waals surface area contributed by atoms with E-state index in [1.54, 1.807) is 36.5 Å². The first kappa shape index (κ1) is 14.8. The van der Waals surface area contributed by atoms with Crippen molar-refractivity contribution < 1.29 is 4.79 Å². The smallest absolute Gasteiger partial charge is 0.163 e. The number of carbonyl (C=O) groups excluding carboxylic acids is 1. The molecule has 1 heterocycles. The molecule has 0 saturated heterocycles. The Hall–Kier alpha value is -1.58. The zero-order valence-electron chi connectivity index (χ0n) is 11.2. The van der Waals surface area contributed by atoms with Gasteiger partial charge >= 0.3 is 0 Å². The van der Waals surface area contributed by atoms with Crippen molar-refractivity contribution in [3.8, 4) is 0 Å². The summed E-state index contributed by atoms with van der Waals surface area (Å²) >= 11 is 12.4. The van der Waals surface area contributed by atoms with Gasteiger partial charge in [0.1, 0.15) is 5.82 Å². The maximum absolute atomic E-state index is 11.6. The minimum atomic E-state index is -0.163. The average Bonchev–Trinajstić information content (AvgIpc) is 2.38. The highest BCUT2D eigenvalue weighted by atomic mass is 35.5. The van der Waals surface area contributed by atoms with Gasteiger partial charge in [-0.3, -0.25) is 4.79 Å². The van der Waals surface area contributed by atoms with Crippen LogP contribution >= 0.6 is 23.2 Å². The summed E-state index contributed by atoms with van der Waals surface area (Å²) in [6, 6.07) is 8.66. The summed E-state index contributed by atoms with van der Waals surface area (Å²) < 4.78 is 0. The van der Waals surface area contributed by atoms with Gasteiger partial charge in [-0.05, 0) is 38.1 Å². The molecule has 1 atom stereocenters. The Bertz CT molecular complexity index is 623. The summed E-state index contributed by atoms with van der Waals surface area (Å²) in [6.45, 7) is 3.43. The van der Waals surface area contributed by atoms with Gasteiger partial charge in [0, 0.05) is 21.8 Å². The Balaban J connectivity index is 2.33. The van der Waals surface area contributed by atoms with Crippen molar-refractivity contribution in [3.05, 3.63) is 57.7 Å². The number of Topliss-reactive ketones (excluding diaryl/α,β-unsaturated/α-hetero) is 1. The Morgan fingerprint density at radius 1 is 1.20 bits per heavy atom. The normalized spacial score (nSPS) is 12.0. The molecule has 5 heteroatoms. The number of rotatable bonds is 4. The van der Waals surface area contributed by atoms with Gasteiger partial charge < -0.3 is 5.32 Å². The molecule has 20 heavy (non-hydrogen) atoms. The number of ketones is 1. The molecule has 0 aliphatic carbocycles. The molecule has 104 valence electrons. The summed E-state index contributed by atoms with van der Waals surface area (Å²) in [4.78, 5) is 15.8. The third kappa shape index (κ3) is 3.11. The van der Waals surface area contributed by atoms with Crippen LogP contribution in [0.4, 0.5) is 5.82 Å². The molecular formula is C15H14Cl2N2O. The van der Waals surface area contributed by atoms with Crippen LogP contribution in [0.25, 0.3) is 0 Å². The van der Waals surface area contributed by atoms with Gasteiger partial charge in [0.25, 0.3) is 0 Å². The molecule has 1 aromatic carbocycles. The molecule has 0 amide bonds. The maximum Gasteiger partial charge on any atom is 0.163 e. The third-order valence-electron chi connectivity index (χ3n) is 2.97. The first-order valence-electron chi connectivity index (χ1n) is 6.17. The van der Waals surface area contributed by atoms with Crippen LogP contribution < -0.4 is 5.32 Å². The van der Waals surface area contributed by atoms with Crippen molar-refractivity contribution in [2.75, 3.05) is 5.32 Å². The molecule has 0 bridgehead atoms. The number of anilines is 1. The van der Waals surface area contributed by atoms with Gasteiger partial charge in [0.2, 0.25) is 0 Å². The molecule has 0 fully saturated rings. The maximum atomic E-state index is 11.6. The van der Waals surface area contributed by atoms with E-state index >= 15 is 0 Å². The topological polar surface area (TPSA) is 42.0 Å². The van der Waals surface area contributed by atoms with E-state index < -0.39 is 0 Å². The summed E-state index contributed by atoms with van der Waals surface area (Å²) in [6.07, 6.45) is 1.63. The molecule has 0 spiro atoms. The van der Waals surface area contributed by atoms with Gasteiger partial charge in [-0.2, -0.15) is 0 Å². The Labute approximate surface area is 127 Å². The molecule has 2 rings (SSSR count). The zero-order valence-corrected chi connectivity index (χ0v) is 12.7. The Morgan fingerprint density at radius 3 is 2.45 bits per heavy atom. The summed E-state index contributed by atoms with van der Waals surface area (Å²) in [5.74, 6) is 0.488. The van der Waals surface area contributed by atoms with Crippen LogP contribution in [0, 0.1) is 0 Å². The number of hydrogen-bond donors (Lipinski definition) is 1. The van der Waals surface area contributed by atoms with Crippen molar-refractivity contribution in [1.82, 2.24) is 4.98 Å². The van der Waals surface area contributed by atoms with Crippen molar-refractivity contribution in [1.29, 1.82) is 0 Å².